The summed E-state index contributed by atoms with van der Waals surface area (Å²) in [5.74, 6) is 0.205. The number of para-hydroxylation sites is 1. The van der Waals surface area contributed by atoms with Gasteiger partial charge in [0.15, 0.2) is 10.8 Å². The molecule has 0 bridgehead atoms. The first-order valence-electron chi connectivity index (χ1n) is 9.90. The molecule has 0 saturated heterocycles. The second-order valence-electron chi connectivity index (χ2n) is 6.97. The Bertz CT molecular complexity index is 1230. The van der Waals surface area contributed by atoms with Gasteiger partial charge in [0.25, 0.3) is 0 Å². The van der Waals surface area contributed by atoms with Crippen molar-refractivity contribution in [3.63, 3.8) is 0 Å². The molecule has 0 saturated carbocycles. The molecule has 2 aliphatic rings. The quantitative estimate of drug-likeness (QED) is 0.257. The van der Waals surface area contributed by atoms with E-state index in [-0.39, 0.29) is 17.5 Å². The van der Waals surface area contributed by atoms with Gasteiger partial charge in [-0.15, -0.1) is 0 Å². The van der Waals surface area contributed by atoms with E-state index in [0.717, 1.165) is 32.3 Å². The number of nitrogens with two attached hydrogens (primary N) is 1. The Labute approximate surface area is 193 Å². The van der Waals surface area contributed by atoms with Crippen LogP contribution in [0.3, 0.4) is 0 Å². The zero-order valence-corrected chi connectivity index (χ0v) is 19.5. The Balaban J connectivity index is 1.96. The first-order chi connectivity index (χ1) is 15.0. The van der Waals surface area contributed by atoms with Crippen LogP contribution in [-0.4, -0.2) is 22.1 Å². The molecule has 0 atom stereocenters. The molecule has 160 valence electrons. The molecule has 0 amide bonds. The van der Waals surface area contributed by atoms with Crippen molar-refractivity contribution in [3.05, 3.63) is 69.6 Å². The Kier molecular flexibility index (Phi) is 6.07. The van der Waals surface area contributed by atoms with Gasteiger partial charge >= 0.3 is 5.97 Å². The van der Waals surface area contributed by atoms with Crippen molar-refractivity contribution >= 4 is 39.2 Å². The molecule has 2 aromatic rings. The zero-order valence-electron chi connectivity index (χ0n) is 17.1. The topological polar surface area (TPSA) is 83.3 Å². The number of carbonyl (C=O) groups excluding carboxylic acids is 1. The van der Waals surface area contributed by atoms with Gasteiger partial charge in [0.05, 0.1) is 25.7 Å². The second kappa shape index (κ2) is 8.77. The fourth-order valence-corrected chi connectivity index (χ4v) is 4.87. The molecule has 4 rings (SSSR count). The lowest BCUT2D eigenvalue weighted by molar-refractivity contribution is 0.0514. The lowest BCUT2D eigenvalue weighted by Crippen LogP contribution is -2.15. The molecule has 8 heteroatoms. The Hall–Kier alpha value is -2.77. The minimum Gasteiger partial charge on any atom is -0.472 e. The number of imidazole rings is 1. The molecule has 0 fully saturated rings. The SMILES string of the molecule is CCOC(=O)c1c(Cl)nc(CC)n1Cc1c2ccocc-2c(Br)c1-c1ccccc1N. The van der Waals surface area contributed by atoms with Gasteiger partial charge in [-0.2, -0.15) is 0 Å². The monoisotopic (exact) mass is 501 g/mol. The molecule has 1 aromatic carbocycles. The van der Waals surface area contributed by atoms with E-state index in [1.807, 2.05) is 41.8 Å². The number of aryl methyl sites for hydroxylation is 1. The maximum absolute atomic E-state index is 12.7. The molecule has 0 unspecified atom stereocenters. The van der Waals surface area contributed by atoms with Gasteiger partial charge in [-0.3, -0.25) is 0 Å². The van der Waals surface area contributed by atoms with Gasteiger partial charge in [0.2, 0.25) is 0 Å². The van der Waals surface area contributed by atoms with Crippen LogP contribution in [0, 0.1) is 0 Å². The molecule has 31 heavy (non-hydrogen) atoms. The van der Waals surface area contributed by atoms with Crippen molar-refractivity contribution in [2.75, 3.05) is 12.3 Å². The number of halogens is 2. The molecule has 0 radical (unpaired) electrons. The van der Waals surface area contributed by atoms with Gasteiger partial charge in [-0.05, 0) is 46.1 Å². The Morgan fingerprint density at radius 2 is 2.00 bits per heavy atom. The molecule has 1 aromatic heterocycles. The van der Waals surface area contributed by atoms with Gasteiger partial charge < -0.3 is 19.5 Å². The van der Waals surface area contributed by atoms with Crippen LogP contribution in [-0.2, 0) is 17.7 Å². The second-order valence-corrected chi connectivity index (χ2v) is 8.12. The summed E-state index contributed by atoms with van der Waals surface area (Å²) < 4.78 is 13.4. The highest BCUT2D eigenvalue weighted by atomic mass is 79.9. The van der Waals surface area contributed by atoms with E-state index in [9.17, 15) is 4.79 Å². The van der Waals surface area contributed by atoms with Crippen LogP contribution in [0.4, 0.5) is 5.69 Å². The van der Waals surface area contributed by atoms with Crippen LogP contribution in [0.15, 0.2) is 51.7 Å². The third-order valence-corrected chi connectivity index (χ3v) is 6.29. The van der Waals surface area contributed by atoms with Crippen LogP contribution in [0.5, 0.6) is 0 Å². The number of carbonyl (C=O) groups is 1. The molecule has 6 nitrogen and oxygen atoms in total. The summed E-state index contributed by atoms with van der Waals surface area (Å²) in [6.07, 6.45) is 3.93. The van der Waals surface area contributed by atoms with E-state index in [1.165, 1.54) is 0 Å². The molecular weight excluding hydrogens is 482 g/mol. The van der Waals surface area contributed by atoms with Crippen molar-refractivity contribution in [1.82, 2.24) is 9.55 Å². The molecular formula is C23H21BrClN3O3. The van der Waals surface area contributed by atoms with E-state index in [0.29, 0.717) is 24.5 Å². The number of nitrogen functional groups attached to an aromatic ring is 1. The van der Waals surface area contributed by atoms with Crippen LogP contribution >= 0.6 is 27.5 Å². The normalized spacial score (nSPS) is 11.2. The summed E-state index contributed by atoms with van der Waals surface area (Å²) in [4.78, 5) is 17.1. The van der Waals surface area contributed by atoms with Crippen molar-refractivity contribution in [1.29, 1.82) is 0 Å². The highest BCUT2D eigenvalue weighted by Gasteiger charge is 2.28. The number of rotatable bonds is 6. The summed E-state index contributed by atoms with van der Waals surface area (Å²) in [6.45, 7) is 4.35. The number of nitrogens with zero attached hydrogens (tertiary/aromatic N) is 2. The van der Waals surface area contributed by atoms with Crippen molar-refractivity contribution < 1.29 is 13.9 Å². The maximum Gasteiger partial charge on any atom is 0.358 e. The van der Waals surface area contributed by atoms with Gasteiger partial charge in [0.1, 0.15) is 5.82 Å². The van der Waals surface area contributed by atoms with Crippen LogP contribution in [0.25, 0.3) is 22.3 Å². The number of benzene rings is 1. The van der Waals surface area contributed by atoms with Crippen molar-refractivity contribution in [3.8, 4) is 22.3 Å². The maximum atomic E-state index is 12.7. The average Bonchev–Trinajstić information content (AvgIpc) is 3.23. The first kappa shape index (κ1) is 21.5. The third-order valence-electron chi connectivity index (χ3n) is 5.21. The van der Waals surface area contributed by atoms with E-state index in [2.05, 4.69) is 20.9 Å². The Morgan fingerprint density at radius 1 is 1.23 bits per heavy atom. The highest BCUT2D eigenvalue weighted by molar-refractivity contribution is 9.10. The number of esters is 1. The third kappa shape index (κ3) is 3.72. The van der Waals surface area contributed by atoms with Crippen LogP contribution in [0.1, 0.15) is 35.7 Å². The summed E-state index contributed by atoms with van der Waals surface area (Å²) in [6, 6.07) is 9.59. The van der Waals surface area contributed by atoms with Gasteiger partial charge in [0, 0.05) is 33.3 Å². The molecule has 2 heterocycles. The summed E-state index contributed by atoms with van der Waals surface area (Å²) >= 11 is 10.1. The van der Waals surface area contributed by atoms with E-state index < -0.39 is 5.97 Å². The van der Waals surface area contributed by atoms with Crippen LogP contribution < -0.4 is 5.73 Å². The summed E-state index contributed by atoms with van der Waals surface area (Å²) in [7, 11) is 0. The first-order valence-corrected chi connectivity index (χ1v) is 11.1. The van der Waals surface area contributed by atoms with E-state index >= 15 is 0 Å². The minimum atomic E-state index is -0.495. The predicted molar refractivity (Wildman–Crippen MR) is 125 cm³/mol. The van der Waals surface area contributed by atoms with E-state index in [4.69, 9.17) is 26.5 Å². The largest absolute Gasteiger partial charge is 0.472 e. The standard InChI is InChI=1S/C23H21BrClN3O3/c1-3-18-27-22(25)21(23(29)31-4-2)28(18)11-15-13-9-10-30-12-16(13)20(24)19(15)14-7-5-6-8-17(14)26/h5-10,12H,3-4,11,26H2,1-2H3. The summed E-state index contributed by atoms with van der Waals surface area (Å²) in [5.41, 5.74) is 11.9. The molecule has 1 aliphatic carbocycles. The number of hydrogen-bond donors (Lipinski definition) is 1. The highest BCUT2D eigenvalue weighted by Crippen LogP contribution is 2.47. The number of fused-ring (bicyclic) bond motifs is 1. The fraction of sp³-hybridized carbons (Fsp3) is 0.217. The Morgan fingerprint density at radius 3 is 2.71 bits per heavy atom. The van der Waals surface area contributed by atoms with Crippen LogP contribution in [0.2, 0.25) is 5.15 Å². The van der Waals surface area contributed by atoms with Crippen molar-refractivity contribution in [2.24, 2.45) is 0 Å². The lowest BCUT2D eigenvalue weighted by Gasteiger charge is -2.14. The minimum absolute atomic E-state index is 0.140. The lowest BCUT2D eigenvalue weighted by atomic mass is 10.0. The smallest absolute Gasteiger partial charge is 0.358 e. The fourth-order valence-electron chi connectivity index (χ4n) is 3.83. The number of anilines is 1. The molecule has 2 N–H and O–H groups in total. The average molecular weight is 503 g/mol. The van der Waals surface area contributed by atoms with Gasteiger partial charge in [-0.1, -0.05) is 36.7 Å². The van der Waals surface area contributed by atoms with E-state index in [1.54, 1.807) is 19.5 Å². The van der Waals surface area contributed by atoms with Gasteiger partial charge in [-0.25, -0.2) is 9.78 Å². The summed E-state index contributed by atoms with van der Waals surface area (Å²) in [5, 5.41) is 0.140. The van der Waals surface area contributed by atoms with Crippen molar-refractivity contribution in [2.45, 2.75) is 26.8 Å². The zero-order chi connectivity index (χ0) is 22.1. The number of ether oxygens (including phenoxy) is 1. The number of hydrogen-bond acceptors (Lipinski definition) is 5. The predicted octanol–water partition coefficient (Wildman–Crippen LogP) is 6.03. The molecule has 0 spiro atoms. The number of aromatic nitrogens is 2. The molecule has 1 aliphatic heterocycles.